The van der Waals surface area contributed by atoms with Gasteiger partial charge in [0.2, 0.25) is 0 Å². The van der Waals surface area contributed by atoms with Gasteiger partial charge in [-0.1, -0.05) is 30.4 Å². The van der Waals surface area contributed by atoms with Gasteiger partial charge in [0.1, 0.15) is 16.2 Å². The number of allylic oxidation sites excluding steroid dienone is 1. The third-order valence-corrected chi connectivity index (χ3v) is 5.11. The van der Waals surface area contributed by atoms with Gasteiger partial charge < -0.3 is 10.6 Å². The number of hydrogen-bond donors (Lipinski definition) is 3. The van der Waals surface area contributed by atoms with E-state index in [0.29, 0.717) is 17.3 Å². The average Bonchev–Trinajstić information content (AvgIpc) is 3.07. The highest BCUT2D eigenvalue weighted by atomic mass is 32.1. The monoisotopic (exact) mass is 383 g/mol. The Hall–Kier alpha value is -2.80. The second-order valence-corrected chi connectivity index (χ2v) is 7.17. The SMILES string of the molecule is CC[C@@H](C)Nc1nc2ccc(/C(=C/NC)C(=N)c3ccccc3F)nc2s1. The van der Waals surface area contributed by atoms with Crippen molar-refractivity contribution in [2.45, 2.75) is 26.3 Å². The van der Waals surface area contributed by atoms with Gasteiger partial charge in [-0.25, -0.2) is 14.4 Å². The van der Waals surface area contributed by atoms with E-state index in [-0.39, 0.29) is 11.3 Å². The van der Waals surface area contributed by atoms with Crippen LogP contribution in [0.3, 0.4) is 0 Å². The van der Waals surface area contributed by atoms with Crippen molar-refractivity contribution in [3.63, 3.8) is 0 Å². The van der Waals surface area contributed by atoms with Crippen LogP contribution in [0.2, 0.25) is 0 Å². The maximum Gasteiger partial charge on any atom is 0.185 e. The van der Waals surface area contributed by atoms with Crippen LogP contribution in [-0.4, -0.2) is 28.8 Å². The molecule has 0 aliphatic rings. The first-order valence-corrected chi connectivity index (χ1v) is 9.60. The van der Waals surface area contributed by atoms with Gasteiger partial charge >= 0.3 is 0 Å². The van der Waals surface area contributed by atoms with Crippen molar-refractivity contribution in [2.24, 2.45) is 0 Å². The molecule has 0 bridgehead atoms. The van der Waals surface area contributed by atoms with Crippen LogP contribution in [0.4, 0.5) is 9.52 Å². The fraction of sp³-hybridized carbons (Fsp3) is 0.250. The molecule has 3 aromatic rings. The van der Waals surface area contributed by atoms with E-state index in [1.54, 1.807) is 31.4 Å². The highest BCUT2D eigenvalue weighted by Crippen LogP contribution is 2.28. The van der Waals surface area contributed by atoms with E-state index in [0.717, 1.165) is 21.9 Å². The number of rotatable bonds is 7. The molecule has 1 aromatic carbocycles. The van der Waals surface area contributed by atoms with E-state index in [1.807, 2.05) is 12.1 Å². The van der Waals surface area contributed by atoms with Crippen LogP contribution in [0.1, 0.15) is 31.5 Å². The summed E-state index contributed by atoms with van der Waals surface area (Å²) in [5.41, 5.74) is 2.25. The molecule has 0 fully saturated rings. The molecule has 0 aliphatic heterocycles. The van der Waals surface area contributed by atoms with Gasteiger partial charge in [-0.05, 0) is 37.6 Å². The summed E-state index contributed by atoms with van der Waals surface area (Å²) in [6.07, 6.45) is 2.67. The third-order valence-electron chi connectivity index (χ3n) is 4.21. The molecule has 27 heavy (non-hydrogen) atoms. The van der Waals surface area contributed by atoms with Crippen LogP contribution < -0.4 is 10.6 Å². The highest BCUT2D eigenvalue weighted by Gasteiger charge is 2.17. The Morgan fingerprint density at radius 3 is 2.74 bits per heavy atom. The van der Waals surface area contributed by atoms with Crippen LogP contribution in [0, 0.1) is 11.2 Å². The summed E-state index contributed by atoms with van der Waals surface area (Å²) in [6, 6.07) is 10.3. The molecule has 3 N–H and O–H groups in total. The minimum Gasteiger partial charge on any atom is -0.393 e. The van der Waals surface area contributed by atoms with E-state index >= 15 is 0 Å². The maximum absolute atomic E-state index is 14.1. The molecule has 0 radical (unpaired) electrons. The van der Waals surface area contributed by atoms with E-state index < -0.39 is 5.82 Å². The quantitative estimate of drug-likeness (QED) is 0.519. The summed E-state index contributed by atoms with van der Waals surface area (Å²) < 4.78 is 14.1. The molecule has 2 aromatic heterocycles. The lowest BCUT2D eigenvalue weighted by Gasteiger charge is -2.10. The van der Waals surface area contributed by atoms with Crippen molar-refractivity contribution in [1.82, 2.24) is 15.3 Å². The number of nitrogens with zero attached hydrogens (tertiary/aromatic N) is 2. The Bertz CT molecular complexity index is 995. The van der Waals surface area contributed by atoms with E-state index in [9.17, 15) is 4.39 Å². The van der Waals surface area contributed by atoms with Crippen LogP contribution in [0.5, 0.6) is 0 Å². The maximum atomic E-state index is 14.1. The van der Waals surface area contributed by atoms with Crippen LogP contribution in [0.25, 0.3) is 15.9 Å². The largest absolute Gasteiger partial charge is 0.393 e. The Morgan fingerprint density at radius 1 is 1.26 bits per heavy atom. The lowest BCUT2D eigenvalue weighted by Crippen LogP contribution is -2.12. The lowest BCUT2D eigenvalue weighted by molar-refractivity contribution is 0.625. The van der Waals surface area contributed by atoms with Crippen molar-refractivity contribution >= 4 is 38.1 Å². The summed E-state index contributed by atoms with van der Waals surface area (Å²) in [7, 11) is 1.74. The summed E-state index contributed by atoms with van der Waals surface area (Å²) in [6.45, 7) is 4.22. The minimum atomic E-state index is -0.427. The minimum absolute atomic E-state index is 0.0803. The first-order valence-electron chi connectivity index (χ1n) is 8.79. The lowest BCUT2D eigenvalue weighted by atomic mass is 10.00. The van der Waals surface area contributed by atoms with Crippen molar-refractivity contribution < 1.29 is 4.39 Å². The van der Waals surface area contributed by atoms with E-state index in [4.69, 9.17) is 5.41 Å². The third kappa shape index (κ3) is 4.14. The number of fused-ring (bicyclic) bond motifs is 1. The molecule has 0 aliphatic carbocycles. The molecular weight excluding hydrogens is 361 g/mol. The van der Waals surface area contributed by atoms with E-state index in [1.165, 1.54) is 17.4 Å². The molecule has 2 heterocycles. The number of anilines is 1. The predicted molar refractivity (Wildman–Crippen MR) is 111 cm³/mol. The molecule has 0 amide bonds. The van der Waals surface area contributed by atoms with E-state index in [2.05, 4.69) is 34.4 Å². The number of aromatic nitrogens is 2. The highest BCUT2D eigenvalue weighted by molar-refractivity contribution is 7.21. The van der Waals surface area contributed by atoms with Crippen LogP contribution >= 0.6 is 11.3 Å². The van der Waals surface area contributed by atoms with Crippen molar-refractivity contribution in [3.05, 3.63) is 59.7 Å². The van der Waals surface area contributed by atoms with Gasteiger partial charge in [-0.2, -0.15) is 0 Å². The number of hydrogen-bond acceptors (Lipinski definition) is 6. The van der Waals surface area contributed by atoms with Crippen molar-refractivity contribution in [3.8, 4) is 0 Å². The predicted octanol–water partition coefficient (Wildman–Crippen LogP) is 4.67. The van der Waals surface area contributed by atoms with Gasteiger partial charge in [0, 0.05) is 30.4 Å². The number of pyridine rings is 1. The fourth-order valence-electron chi connectivity index (χ4n) is 2.57. The Balaban J connectivity index is 1.98. The topological polar surface area (TPSA) is 73.7 Å². The molecule has 7 heteroatoms. The van der Waals surface area contributed by atoms with Crippen LogP contribution in [-0.2, 0) is 0 Å². The fourth-order valence-corrected chi connectivity index (χ4v) is 3.52. The van der Waals surface area contributed by atoms with Gasteiger partial charge in [-0.15, -0.1) is 0 Å². The van der Waals surface area contributed by atoms with Crippen LogP contribution in [0.15, 0.2) is 42.6 Å². The van der Waals surface area contributed by atoms with Crippen molar-refractivity contribution in [1.29, 1.82) is 5.41 Å². The number of halogens is 1. The van der Waals surface area contributed by atoms with Crippen molar-refractivity contribution in [2.75, 3.05) is 12.4 Å². The smallest absolute Gasteiger partial charge is 0.185 e. The molecule has 140 valence electrons. The molecule has 3 rings (SSSR count). The molecule has 0 unspecified atom stereocenters. The zero-order valence-corrected chi connectivity index (χ0v) is 16.3. The first-order chi connectivity index (χ1) is 13.0. The number of benzene rings is 1. The zero-order chi connectivity index (χ0) is 19.4. The number of nitrogens with one attached hydrogen (secondary N) is 3. The second kappa shape index (κ2) is 8.26. The Morgan fingerprint density at radius 2 is 2.04 bits per heavy atom. The normalized spacial score (nSPS) is 12.8. The van der Waals surface area contributed by atoms with Gasteiger partial charge in [0.05, 0.1) is 11.4 Å². The summed E-state index contributed by atoms with van der Waals surface area (Å²) in [5.74, 6) is -0.427. The molecule has 5 nitrogen and oxygen atoms in total. The standard InChI is InChI=1S/C20H22FN5S/c1-4-12(2)24-20-26-17-10-9-16(25-19(17)27-20)14(11-23-3)18(22)13-7-5-6-8-15(13)21/h5-12,22-23H,4H2,1-3H3,(H,24,26)/b14-11-,22-18?/t12-/m1/s1. The second-order valence-electron chi connectivity index (χ2n) is 6.19. The molecular formula is C20H22FN5S. The zero-order valence-electron chi connectivity index (χ0n) is 15.5. The Kier molecular flexibility index (Phi) is 5.81. The van der Waals surface area contributed by atoms with Gasteiger partial charge in [0.15, 0.2) is 5.13 Å². The molecule has 0 spiro atoms. The Labute approximate surface area is 161 Å². The van der Waals surface area contributed by atoms with Gasteiger partial charge in [0.25, 0.3) is 0 Å². The molecule has 1 atom stereocenters. The average molecular weight is 383 g/mol. The summed E-state index contributed by atoms with van der Waals surface area (Å²) >= 11 is 1.48. The van der Waals surface area contributed by atoms with Gasteiger partial charge in [-0.3, -0.25) is 5.41 Å². The molecule has 0 saturated heterocycles. The molecule has 0 saturated carbocycles. The summed E-state index contributed by atoms with van der Waals surface area (Å²) in [5, 5.41) is 15.6. The first kappa shape index (κ1) is 19.0. The number of thiazole rings is 1. The summed E-state index contributed by atoms with van der Waals surface area (Å²) in [4.78, 5) is 10.0.